The second kappa shape index (κ2) is 4.40. The van der Waals surface area contributed by atoms with E-state index in [1.165, 1.54) is 16.5 Å². The van der Waals surface area contributed by atoms with Gasteiger partial charge < -0.3 is 4.57 Å². The Morgan fingerprint density at radius 3 is 2.43 bits per heavy atom. The molecule has 1 aromatic carbocycles. The van der Waals surface area contributed by atoms with Gasteiger partial charge >= 0.3 is 6.15 Å². The number of hydrogen-bond donors (Lipinski definition) is 0. The molecule has 0 spiro atoms. The predicted molar refractivity (Wildman–Crippen MR) is 52.7 cm³/mol. The van der Waals surface area contributed by atoms with Gasteiger partial charge in [0.25, 0.3) is 0 Å². The summed E-state index contributed by atoms with van der Waals surface area (Å²) in [5.41, 5.74) is 2.66. The normalized spacial score (nSPS) is 9.00. The van der Waals surface area contributed by atoms with E-state index in [0.717, 1.165) is 0 Å². The van der Waals surface area contributed by atoms with Crippen LogP contribution in [0.2, 0.25) is 0 Å². The van der Waals surface area contributed by atoms with E-state index < -0.39 is 0 Å². The summed E-state index contributed by atoms with van der Waals surface area (Å²) in [5, 5.41) is 1.36. The number of rotatable bonds is 0. The Bertz CT molecular complexity index is 465. The third-order valence-electron chi connectivity index (χ3n) is 2.15. The molecule has 0 aliphatic rings. The number of aromatic nitrogens is 1. The molecule has 0 saturated heterocycles. The third-order valence-corrected chi connectivity index (χ3v) is 2.15. The van der Waals surface area contributed by atoms with Crippen molar-refractivity contribution in [2.45, 2.75) is 6.92 Å². The van der Waals surface area contributed by atoms with Crippen molar-refractivity contribution in [3.8, 4) is 0 Å². The van der Waals surface area contributed by atoms with Crippen LogP contribution in [-0.4, -0.2) is 10.7 Å². The van der Waals surface area contributed by atoms with Crippen LogP contribution in [0.4, 0.5) is 0 Å². The Balaban J connectivity index is 0.000000293. The lowest BCUT2D eigenvalue weighted by Gasteiger charge is -1.96. The van der Waals surface area contributed by atoms with E-state index >= 15 is 0 Å². The third kappa shape index (κ3) is 1.90. The van der Waals surface area contributed by atoms with Crippen LogP contribution in [0.1, 0.15) is 5.56 Å². The van der Waals surface area contributed by atoms with Crippen LogP contribution in [0.25, 0.3) is 10.9 Å². The number of benzene rings is 1. The molecular weight excluding hydrogens is 178 g/mol. The molecule has 0 saturated carbocycles. The van der Waals surface area contributed by atoms with Crippen molar-refractivity contribution in [3.63, 3.8) is 0 Å². The molecule has 2 aromatic rings. The van der Waals surface area contributed by atoms with E-state index in [0.29, 0.717) is 0 Å². The quantitative estimate of drug-likeness (QED) is 0.635. The summed E-state index contributed by atoms with van der Waals surface area (Å²) >= 11 is 0. The largest absolute Gasteiger partial charge is 0.373 e. The summed E-state index contributed by atoms with van der Waals surface area (Å²) in [6.07, 6.45) is 2.34. The van der Waals surface area contributed by atoms with Gasteiger partial charge in [-0.25, -0.2) is 0 Å². The molecule has 0 radical (unpaired) electrons. The van der Waals surface area contributed by atoms with Gasteiger partial charge in [-0.15, -0.1) is 0 Å². The van der Waals surface area contributed by atoms with Crippen LogP contribution in [0, 0.1) is 6.92 Å². The Kier molecular flexibility index (Phi) is 3.21. The minimum Gasteiger partial charge on any atom is -0.351 e. The summed E-state index contributed by atoms with van der Waals surface area (Å²) in [7, 11) is 2.07. The van der Waals surface area contributed by atoms with Crippen LogP contribution >= 0.6 is 0 Å². The molecule has 0 unspecified atom stereocenters. The predicted octanol–water partition coefficient (Wildman–Crippen LogP) is 1.90. The molecule has 0 amide bonds. The molecule has 0 atom stereocenters. The number of hydrogen-bond acceptors (Lipinski definition) is 2. The van der Waals surface area contributed by atoms with Gasteiger partial charge in [-0.1, -0.05) is 12.1 Å². The highest BCUT2D eigenvalue weighted by atomic mass is 16.2. The maximum Gasteiger partial charge on any atom is 0.373 e. The first kappa shape index (κ1) is 10.2. The maximum absolute atomic E-state index is 8.12. The fraction of sp³-hybridized carbons (Fsp3) is 0.182. The standard InChI is InChI=1S/C10H11N.CO2/c1-8-4-3-5-10-9(8)6-7-11(10)2;2-1-3/h3-7H,1-2H3;. The average molecular weight is 189 g/mol. The van der Waals surface area contributed by atoms with E-state index in [2.05, 4.69) is 49.0 Å². The number of fused-ring (bicyclic) bond motifs is 1. The van der Waals surface area contributed by atoms with Gasteiger partial charge in [-0.2, -0.15) is 9.59 Å². The first-order valence-corrected chi connectivity index (χ1v) is 4.20. The van der Waals surface area contributed by atoms with Gasteiger partial charge in [-0.3, -0.25) is 0 Å². The molecule has 1 aromatic heterocycles. The van der Waals surface area contributed by atoms with Gasteiger partial charge in [-0.05, 0) is 24.6 Å². The van der Waals surface area contributed by atoms with E-state index in [1.807, 2.05) is 0 Å². The van der Waals surface area contributed by atoms with E-state index in [-0.39, 0.29) is 6.15 Å². The van der Waals surface area contributed by atoms with Gasteiger partial charge in [0.1, 0.15) is 0 Å². The minimum absolute atomic E-state index is 0.250. The number of carbonyl (C=O) groups excluding carboxylic acids is 2. The molecule has 0 aliphatic heterocycles. The number of aryl methyl sites for hydroxylation is 2. The molecule has 72 valence electrons. The monoisotopic (exact) mass is 189 g/mol. The average Bonchev–Trinajstić information content (AvgIpc) is 2.51. The van der Waals surface area contributed by atoms with Crippen molar-refractivity contribution in [3.05, 3.63) is 36.0 Å². The highest BCUT2D eigenvalue weighted by molar-refractivity contribution is 5.83. The Morgan fingerprint density at radius 1 is 1.21 bits per heavy atom. The van der Waals surface area contributed by atoms with Crippen LogP contribution in [-0.2, 0) is 16.6 Å². The maximum atomic E-state index is 8.12. The molecule has 3 heteroatoms. The molecule has 0 fully saturated rings. The smallest absolute Gasteiger partial charge is 0.351 e. The van der Waals surface area contributed by atoms with Gasteiger partial charge in [0.2, 0.25) is 0 Å². The van der Waals surface area contributed by atoms with Crippen molar-refractivity contribution in [1.29, 1.82) is 0 Å². The van der Waals surface area contributed by atoms with Crippen molar-refractivity contribution in [2.75, 3.05) is 0 Å². The van der Waals surface area contributed by atoms with Crippen molar-refractivity contribution in [1.82, 2.24) is 4.57 Å². The summed E-state index contributed by atoms with van der Waals surface area (Å²) in [4.78, 5) is 16.2. The molecular formula is C11H11NO2. The van der Waals surface area contributed by atoms with Crippen molar-refractivity contribution < 1.29 is 9.59 Å². The Labute approximate surface area is 82.0 Å². The van der Waals surface area contributed by atoms with Crippen molar-refractivity contribution in [2.24, 2.45) is 7.05 Å². The van der Waals surface area contributed by atoms with Crippen LogP contribution in [0.5, 0.6) is 0 Å². The first-order valence-electron chi connectivity index (χ1n) is 4.20. The topological polar surface area (TPSA) is 39.1 Å². The van der Waals surface area contributed by atoms with Gasteiger partial charge in [0.05, 0.1) is 0 Å². The highest BCUT2D eigenvalue weighted by Gasteiger charge is 1.97. The second-order valence-corrected chi connectivity index (χ2v) is 3.02. The molecule has 1 heterocycles. The lowest BCUT2D eigenvalue weighted by Crippen LogP contribution is -1.83. The van der Waals surface area contributed by atoms with E-state index in [9.17, 15) is 0 Å². The molecule has 14 heavy (non-hydrogen) atoms. The van der Waals surface area contributed by atoms with Gasteiger partial charge in [0.15, 0.2) is 0 Å². The van der Waals surface area contributed by atoms with Crippen molar-refractivity contribution >= 4 is 17.1 Å². The highest BCUT2D eigenvalue weighted by Crippen LogP contribution is 2.17. The molecule has 0 N–H and O–H groups in total. The summed E-state index contributed by atoms with van der Waals surface area (Å²) < 4.78 is 2.14. The first-order chi connectivity index (χ1) is 6.70. The second-order valence-electron chi connectivity index (χ2n) is 3.02. The fourth-order valence-electron chi connectivity index (χ4n) is 1.46. The Morgan fingerprint density at radius 2 is 1.86 bits per heavy atom. The Hall–Kier alpha value is -1.86. The fourth-order valence-corrected chi connectivity index (χ4v) is 1.46. The molecule has 0 bridgehead atoms. The molecule has 3 nitrogen and oxygen atoms in total. The SMILES string of the molecule is Cc1cccc2c1ccn2C.O=C=O. The lowest BCUT2D eigenvalue weighted by molar-refractivity contribution is -0.191. The summed E-state index contributed by atoms with van der Waals surface area (Å²) in [6.45, 7) is 2.14. The molecule has 2 rings (SSSR count). The van der Waals surface area contributed by atoms with E-state index in [4.69, 9.17) is 9.59 Å². The number of nitrogens with zero attached hydrogens (tertiary/aromatic N) is 1. The summed E-state index contributed by atoms with van der Waals surface area (Å²) in [6, 6.07) is 8.53. The van der Waals surface area contributed by atoms with E-state index in [1.54, 1.807) is 0 Å². The zero-order chi connectivity index (χ0) is 10.6. The van der Waals surface area contributed by atoms with Gasteiger partial charge in [0, 0.05) is 24.1 Å². The van der Waals surface area contributed by atoms with Crippen LogP contribution in [0.3, 0.4) is 0 Å². The van der Waals surface area contributed by atoms with Crippen LogP contribution in [0.15, 0.2) is 30.5 Å². The zero-order valence-corrected chi connectivity index (χ0v) is 8.15. The molecule has 0 aliphatic carbocycles. The summed E-state index contributed by atoms with van der Waals surface area (Å²) in [5.74, 6) is 0. The zero-order valence-electron chi connectivity index (χ0n) is 8.15. The lowest BCUT2D eigenvalue weighted by atomic mass is 10.1. The van der Waals surface area contributed by atoms with Crippen LogP contribution < -0.4 is 0 Å². The minimum atomic E-state index is 0.250.